The fraction of sp³-hybridized carbons (Fsp3) is 0.286. The van der Waals surface area contributed by atoms with Crippen molar-refractivity contribution in [3.8, 4) is 0 Å². The molecule has 1 amide bonds. The number of nitrogens with one attached hydrogen (secondary N) is 1. The lowest BCUT2D eigenvalue weighted by molar-refractivity contribution is -0.137. The van der Waals surface area contributed by atoms with Crippen LogP contribution in [0.25, 0.3) is 11.0 Å². The van der Waals surface area contributed by atoms with Crippen molar-refractivity contribution in [1.82, 2.24) is 5.32 Å². The van der Waals surface area contributed by atoms with Crippen molar-refractivity contribution in [1.29, 1.82) is 0 Å². The molecular weight excluding hydrogens is 246 g/mol. The van der Waals surface area contributed by atoms with Crippen molar-refractivity contribution in [3.05, 3.63) is 35.6 Å². The molecule has 2 N–H and O–H groups in total. The lowest BCUT2D eigenvalue weighted by atomic mass is 10.00. The van der Waals surface area contributed by atoms with Gasteiger partial charge in [-0.25, -0.2) is 0 Å². The Morgan fingerprint density at radius 2 is 2.05 bits per heavy atom. The van der Waals surface area contributed by atoms with Crippen molar-refractivity contribution < 1.29 is 19.1 Å². The van der Waals surface area contributed by atoms with Crippen LogP contribution in [-0.2, 0) is 9.59 Å². The van der Waals surface area contributed by atoms with E-state index in [9.17, 15) is 9.59 Å². The van der Waals surface area contributed by atoms with E-state index in [1.807, 2.05) is 24.3 Å². The van der Waals surface area contributed by atoms with Gasteiger partial charge in [0.1, 0.15) is 11.3 Å². The summed E-state index contributed by atoms with van der Waals surface area (Å²) in [7, 11) is 0. The summed E-state index contributed by atoms with van der Waals surface area (Å²) >= 11 is 0. The molecule has 100 valence electrons. The average molecular weight is 261 g/mol. The molecule has 5 nitrogen and oxygen atoms in total. The number of hydrogen-bond acceptors (Lipinski definition) is 3. The predicted octanol–water partition coefficient (Wildman–Crippen LogP) is 2.39. The van der Waals surface area contributed by atoms with Crippen LogP contribution in [-0.4, -0.2) is 17.0 Å². The maximum Gasteiger partial charge on any atom is 0.305 e. The number of benzene rings is 1. The third-order valence-electron chi connectivity index (χ3n) is 2.92. The number of hydrogen-bond donors (Lipinski definition) is 2. The van der Waals surface area contributed by atoms with Crippen LogP contribution in [0.1, 0.15) is 30.7 Å². The maximum atomic E-state index is 11.2. The minimum atomic E-state index is -0.969. The number of aryl methyl sites for hydroxylation is 1. The molecular formula is C14H15NO4. The SMILES string of the molecule is CC(=O)N[C@H](CC(=O)O)c1c(C)oc2ccccc12. The van der Waals surface area contributed by atoms with Gasteiger partial charge >= 0.3 is 5.97 Å². The van der Waals surface area contributed by atoms with E-state index >= 15 is 0 Å². The van der Waals surface area contributed by atoms with E-state index in [1.165, 1.54) is 6.92 Å². The lowest BCUT2D eigenvalue weighted by Gasteiger charge is -2.15. The summed E-state index contributed by atoms with van der Waals surface area (Å²) in [6.07, 6.45) is -0.177. The number of rotatable bonds is 4. The molecule has 19 heavy (non-hydrogen) atoms. The molecule has 2 rings (SSSR count). The molecule has 0 aliphatic rings. The molecule has 1 aromatic heterocycles. The number of furan rings is 1. The van der Waals surface area contributed by atoms with Gasteiger partial charge in [-0.05, 0) is 13.0 Å². The first-order valence-corrected chi connectivity index (χ1v) is 5.96. The van der Waals surface area contributed by atoms with Gasteiger partial charge in [0, 0.05) is 17.9 Å². The monoisotopic (exact) mass is 261 g/mol. The highest BCUT2D eigenvalue weighted by molar-refractivity contribution is 5.85. The van der Waals surface area contributed by atoms with Gasteiger partial charge in [-0.2, -0.15) is 0 Å². The molecule has 0 unspecified atom stereocenters. The molecule has 0 fully saturated rings. The van der Waals surface area contributed by atoms with Crippen LogP contribution >= 0.6 is 0 Å². The number of amides is 1. The second-order valence-electron chi connectivity index (χ2n) is 4.42. The van der Waals surface area contributed by atoms with Gasteiger partial charge in [-0.3, -0.25) is 9.59 Å². The van der Waals surface area contributed by atoms with Gasteiger partial charge in [0.2, 0.25) is 5.91 Å². The second kappa shape index (κ2) is 5.14. The molecule has 0 aliphatic carbocycles. The summed E-state index contributed by atoms with van der Waals surface area (Å²) in [5.41, 5.74) is 1.42. The van der Waals surface area contributed by atoms with Gasteiger partial charge < -0.3 is 14.8 Å². The van der Waals surface area contributed by atoms with Crippen molar-refractivity contribution in [2.75, 3.05) is 0 Å². The summed E-state index contributed by atoms with van der Waals surface area (Å²) in [6, 6.07) is 6.79. The zero-order valence-corrected chi connectivity index (χ0v) is 10.8. The second-order valence-corrected chi connectivity index (χ2v) is 4.42. The zero-order chi connectivity index (χ0) is 14.0. The maximum absolute atomic E-state index is 11.2. The largest absolute Gasteiger partial charge is 0.481 e. The van der Waals surface area contributed by atoms with E-state index in [0.717, 1.165) is 10.9 Å². The van der Waals surface area contributed by atoms with Crippen molar-refractivity contribution >= 4 is 22.8 Å². The Balaban J connectivity index is 2.51. The Hall–Kier alpha value is -2.30. The molecule has 5 heteroatoms. The molecule has 1 aromatic carbocycles. The highest BCUT2D eigenvalue weighted by atomic mass is 16.4. The van der Waals surface area contributed by atoms with Crippen LogP contribution in [0, 0.1) is 6.92 Å². The van der Waals surface area contributed by atoms with Crippen LogP contribution in [0.3, 0.4) is 0 Å². The first-order valence-electron chi connectivity index (χ1n) is 5.96. The van der Waals surface area contributed by atoms with Gasteiger partial charge in [-0.1, -0.05) is 18.2 Å². The van der Waals surface area contributed by atoms with E-state index in [4.69, 9.17) is 9.52 Å². The normalized spacial score (nSPS) is 12.3. The van der Waals surface area contributed by atoms with Gasteiger partial charge in [0.25, 0.3) is 0 Å². The first kappa shape index (κ1) is 13.1. The average Bonchev–Trinajstić information content (AvgIpc) is 2.62. The third kappa shape index (κ3) is 2.76. The Labute approximate surface area is 110 Å². The van der Waals surface area contributed by atoms with E-state index in [-0.39, 0.29) is 12.3 Å². The number of aliphatic carboxylic acids is 1. The fourth-order valence-corrected chi connectivity index (χ4v) is 2.27. The predicted molar refractivity (Wildman–Crippen MR) is 69.8 cm³/mol. The number of carboxylic acid groups (broad SMARTS) is 1. The zero-order valence-electron chi connectivity index (χ0n) is 10.8. The summed E-state index contributed by atoms with van der Waals surface area (Å²) in [5, 5.41) is 12.5. The third-order valence-corrected chi connectivity index (χ3v) is 2.92. The Morgan fingerprint density at radius 3 is 2.68 bits per heavy atom. The molecule has 0 spiro atoms. The minimum absolute atomic E-state index is 0.177. The molecule has 0 bridgehead atoms. The van der Waals surface area contributed by atoms with Crippen LogP contribution in [0.2, 0.25) is 0 Å². The number of carboxylic acids is 1. The minimum Gasteiger partial charge on any atom is -0.481 e. The van der Waals surface area contributed by atoms with Crippen LogP contribution in [0.5, 0.6) is 0 Å². The molecule has 0 saturated heterocycles. The quantitative estimate of drug-likeness (QED) is 0.885. The standard InChI is InChI=1S/C14H15NO4/c1-8-14(10-5-3-4-6-12(10)19-8)11(7-13(17)18)15-9(2)16/h3-6,11H,7H2,1-2H3,(H,15,16)(H,17,18)/t11-/m1/s1. The van der Waals surface area contributed by atoms with Crippen molar-refractivity contribution in [3.63, 3.8) is 0 Å². The molecule has 1 heterocycles. The van der Waals surface area contributed by atoms with Crippen LogP contribution in [0.4, 0.5) is 0 Å². The Morgan fingerprint density at radius 1 is 1.37 bits per heavy atom. The number of para-hydroxylation sites is 1. The molecule has 0 aliphatic heterocycles. The van der Waals surface area contributed by atoms with E-state index in [0.29, 0.717) is 11.3 Å². The summed E-state index contributed by atoms with van der Waals surface area (Å²) < 4.78 is 5.60. The van der Waals surface area contributed by atoms with E-state index < -0.39 is 12.0 Å². The molecule has 2 aromatic rings. The van der Waals surface area contributed by atoms with Crippen molar-refractivity contribution in [2.24, 2.45) is 0 Å². The fourth-order valence-electron chi connectivity index (χ4n) is 2.27. The van der Waals surface area contributed by atoms with E-state index in [2.05, 4.69) is 5.32 Å². The van der Waals surface area contributed by atoms with Crippen LogP contribution < -0.4 is 5.32 Å². The smallest absolute Gasteiger partial charge is 0.305 e. The van der Waals surface area contributed by atoms with Gasteiger partial charge in [0.05, 0.1) is 12.5 Å². The Kier molecular flexibility index (Phi) is 3.55. The molecule has 1 atom stereocenters. The Bertz CT molecular complexity index is 613. The summed E-state index contributed by atoms with van der Waals surface area (Å²) in [6.45, 7) is 3.14. The number of fused-ring (bicyclic) bond motifs is 1. The number of carbonyl (C=O) groups is 2. The highest BCUT2D eigenvalue weighted by Crippen LogP contribution is 2.31. The highest BCUT2D eigenvalue weighted by Gasteiger charge is 2.23. The topological polar surface area (TPSA) is 79.5 Å². The summed E-state index contributed by atoms with van der Waals surface area (Å²) in [5.74, 6) is -0.611. The molecule has 0 radical (unpaired) electrons. The number of carbonyl (C=O) groups excluding carboxylic acids is 1. The van der Waals surface area contributed by atoms with Crippen molar-refractivity contribution in [2.45, 2.75) is 26.3 Å². The first-order chi connectivity index (χ1) is 8.99. The van der Waals surface area contributed by atoms with E-state index in [1.54, 1.807) is 6.92 Å². The molecule has 0 saturated carbocycles. The van der Waals surface area contributed by atoms with Crippen LogP contribution in [0.15, 0.2) is 28.7 Å². The summed E-state index contributed by atoms with van der Waals surface area (Å²) in [4.78, 5) is 22.2. The van der Waals surface area contributed by atoms with Gasteiger partial charge in [0.15, 0.2) is 0 Å². The lowest BCUT2D eigenvalue weighted by Crippen LogP contribution is -2.28. The van der Waals surface area contributed by atoms with Gasteiger partial charge in [-0.15, -0.1) is 0 Å².